The van der Waals surface area contributed by atoms with E-state index in [1.54, 1.807) is 37.6 Å². The van der Waals surface area contributed by atoms with Crippen molar-refractivity contribution >= 4 is 28.6 Å². The molecular weight excluding hydrogens is 440 g/mol. The largest absolute Gasteiger partial charge is 0.497 e. The van der Waals surface area contributed by atoms with Gasteiger partial charge in [-0.2, -0.15) is 0 Å². The van der Waals surface area contributed by atoms with Crippen molar-refractivity contribution < 1.29 is 24.2 Å². The number of thioether (sulfide) groups is 1. The molecule has 1 aliphatic rings. The third kappa shape index (κ3) is 5.88. The maximum atomic E-state index is 12.0. The van der Waals surface area contributed by atoms with Gasteiger partial charge in [0, 0.05) is 35.3 Å². The summed E-state index contributed by atoms with van der Waals surface area (Å²) in [5, 5.41) is 21.7. The molecule has 8 heteroatoms. The molecule has 0 aliphatic carbocycles. The summed E-state index contributed by atoms with van der Waals surface area (Å²) in [6.45, 7) is 2.28. The van der Waals surface area contributed by atoms with Crippen molar-refractivity contribution in [1.82, 2.24) is 9.88 Å². The summed E-state index contributed by atoms with van der Waals surface area (Å²) in [6, 6.07) is 9.39. The number of carboxylic acids is 1. The van der Waals surface area contributed by atoms with Crippen molar-refractivity contribution in [2.24, 2.45) is 11.8 Å². The number of rotatable bonds is 10. The SMILES string of the molecule is COc1ccc2nccc(C(O)CCC3CCN(CCSc4ccoc4)CC3C(=O)O)c2c1. The number of hydrogen-bond donors (Lipinski definition) is 2. The number of nitrogens with zero attached hydrogens (tertiary/aromatic N) is 2. The van der Waals surface area contributed by atoms with Crippen LogP contribution in [0.4, 0.5) is 0 Å². The van der Waals surface area contributed by atoms with E-state index in [0.29, 0.717) is 25.1 Å². The highest BCUT2D eigenvalue weighted by Gasteiger charge is 2.34. The molecular formula is C25H30N2O5S. The lowest BCUT2D eigenvalue weighted by molar-refractivity contribution is -0.146. The Morgan fingerprint density at radius 3 is 3.00 bits per heavy atom. The number of likely N-dealkylation sites (tertiary alicyclic amines) is 1. The number of furan rings is 1. The van der Waals surface area contributed by atoms with Gasteiger partial charge in [0.1, 0.15) is 12.0 Å². The van der Waals surface area contributed by atoms with Crippen molar-refractivity contribution in [2.45, 2.75) is 30.3 Å². The summed E-state index contributed by atoms with van der Waals surface area (Å²) in [5.41, 5.74) is 1.61. The molecule has 176 valence electrons. The second-order valence-corrected chi connectivity index (χ2v) is 9.65. The molecule has 0 saturated carbocycles. The van der Waals surface area contributed by atoms with E-state index in [4.69, 9.17) is 9.15 Å². The van der Waals surface area contributed by atoms with Crippen molar-refractivity contribution in [3.63, 3.8) is 0 Å². The summed E-state index contributed by atoms with van der Waals surface area (Å²) >= 11 is 1.72. The van der Waals surface area contributed by atoms with Gasteiger partial charge in [0.15, 0.2) is 0 Å². The van der Waals surface area contributed by atoms with E-state index in [2.05, 4.69) is 9.88 Å². The molecule has 3 heterocycles. The van der Waals surface area contributed by atoms with Crippen LogP contribution in [-0.4, -0.2) is 58.6 Å². The fraction of sp³-hybridized carbons (Fsp3) is 0.440. The molecule has 0 spiro atoms. The molecule has 2 N–H and O–H groups in total. The summed E-state index contributed by atoms with van der Waals surface area (Å²) in [6.07, 6.45) is 6.42. The van der Waals surface area contributed by atoms with Gasteiger partial charge in [0.05, 0.1) is 30.9 Å². The van der Waals surface area contributed by atoms with Crippen LogP contribution in [0.2, 0.25) is 0 Å². The second kappa shape index (κ2) is 11.0. The number of aliphatic carboxylic acids is 1. The van der Waals surface area contributed by atoms with Crippen molar-refractivity contribution in [3.8, 4) is 5.75 Å². The van der Waals surface area contributed by atoms with E-state index >= 15 is 0 Å². The first-order chi connectivity index (χ1) is 16.0. The molecule has 1 aromatic carbocycles. The Hall–Kier alpha value is -2.55. The molecule has 2 aromatic heterocycles. The van der Waals surface area contributed by atoms with Gasteiger partial charge >= 0.3 is 5.97 Å². The number of aliphatic hydroxyl groups is 1. The second-order valence-electron chi connectivity index (χ2n) is 8.48. The maximum absolute atomic E-state index is 12.0. The fourth-order valence-corrected chi connectivity index (χ4v) is 5.48. The van der Waals surface area contributed by atoms with E-state index < -0.39 is 18.0 Å². The molecule has 1 aliphatic heterocycles. The number of piperidine rings is 1. The van der Waals surface area contributed by atoms with E-state index in [9.17, 15) is 15.0 Å². The van der Waals surface area contributed by atoms with E-state index in [0.717, 1.165) is 46.6 Å². The zero-order valence-corrected chi connectivity index (χ0v) is 19.5. The zero-order valence-electron chi connectivity index (χ0n) is 18.7. The first kappa shape index (κ1) is 23.6. The summed E-state index contributed by atoms with van der Waals surface area (Å²) in [5.74, 6) is 0.499. The Morgan fingerprint density at radius 2 is 2.24 bits per heavy atom. The maximum Gasteiger partial charge on any atom is 0.308 e. The third-order valence-electron chi connectivity index (χ3n) is 6.48. The molecule has 33 heavy (non-hydrogen) atoms. The predicted molar refractivity (Wildman–Crippen MR) is 128 cm³/mol. The van der Waals surface area contributed by atoms with Crippen LogP contribution in [0.1, 0.15) is 30.9 Å². The highest BCUT2D eigenvalue weighted by Crippen LogP contribution is 2.34. The minimum Gasteiger partial charge on any atom is -0.497 e. The molecule has 4 rings (SSSR count). The highest BCUT2D eigenvalue weighted by atomic mass is 32.2. The number of fused-ring (bicyclic) bond motifs is 1. The number of aromatic nitrogens is 1. The van der Waals surface area contributed by atoms with Gasteiger partial charge in [0.25, 0.3) is 0 Å². The Labute approximate surface area is 197 Å². The number of aliphatic hydroxyl groups excluding tert-OH is 1. The van der Waals surface area contributed by atoms with Crippen molar-refractivity contribution in [3.05, 3.63) is 54.6 Å². The quantitative estimate of drug-likeness (QED) is 0.419. The highest BCUT2D eigenvalue weighted by molar-refractivity contribution is 7.99. The molecule has 3 aromatic rings. The third-order valence-corrected chi connectivity index (χ3v) is 7.43. The first-order valence-corrected chi connectivity index (χ1v) is 12.2. The topological polar surface area (TPSA) is 96.0 Å². The minimum absolute atomic E-state index is 0.0533. The lowest BCUT2D eigenvalue weighted by atomic mass is 9.81. The average molecular weight is 471 g/mol. The Morgan fingerprint density at radius 1 is 1.36 bits per heavy atom. The number of carboxylic acid groups (broad SMARTS) is 1. The number of methoxy groups -OCH3 is 1. The minimum atomic E-state index is -0.749. The van der Waals surface area contributed by atoms with Gasteiger partial charge in [-0.25, -0.2) is 0 Å². The smallest absolute Gasteiger partial charge is 0.308 e. The van der Waals surface area contributed by atoms with Gasteiger partial charge in [-0.3, -0.25) is 9.78 Å². The van der Waals surface area contributed by atoms with E-state index in [-0.39, 0.29) is 5.92 Å². The Kier molecular flexibility index (Phi) is 7.90. The van der Waals surface area contributed by atoms with Gasteiger partial charge in [-0.05, 0) is 67.6 Å². The number of ether oxygens (including phenoxy) is 1. The lowest BCUT2D eigenvalue weighted by Crippen LogP contribution is -2.44. The average Bonchev–Trinajstić information content (AvgIpc) is 3.35. The normalized spacial score (nSPS) is 20.1. The van der Waals surface area contributed by atoms with Crippen molar-refractivity contribution in [1.29, 1.82) is 0 Å². The molecule has 3 unspecified atom stereocenters. The van der Waals surface area contributed by atoms with Gasteiger partial charge < -0.3 is 24.3 Å². The van der Waals surface area contributed by atoms with Gasteiger partial charge in [-0.1, -0.05) is 0 Å². The van der Waals surface area contributed by atoms with Crippen LogP contribution in [-0.2, 0) is 4.79 Å². The zero-order chi connectivity index (χ0) is 23.2. The molecule has 1 fully saturated rings. The Balaban J connectivity index is 1.34. The van der Waals surface area contributed by atoms with Crippen LogP contribution in [0.5, 0.6) is 5.75 Å². The predicted octanol–water partition coefficient (Wildman–Crippen LogP) is 4.47. The van der Waals surface area contributed by atoms with Gasteiger partial charge in [0.2, 0.25) is 0 Å². The van der Waals surface area contributed by atoms with E-state index in [1.807, 2.05) is 30.3 Å². The van der Waals surface area contributed by atoms with Gasteiger partial charge in [-0.15, -0.1) is 11.8 Å². The van der Waals surface area contributed by atoms with Crippen LogP contribution in [0.3, 0.4) is 0 Å². The summed E-state index contributed by atoms with van der Waals surface area (Å²) in [7, 11) is 1.61. The van der Waals surface area contributed by atoms with Crippen LogP contribution < -0.4 is 4.74 Å². The van der Waals surface area contributed by atoms with Crippen LogP contribution in [0.15, 0.2) is 58.4 Å². The number of hydrogen-bond acceptors (Lipinski definition) is 7. The van der Waals surface area contributed by atoms with Crippen molar-refractivity contribution in [2.75, 3.05) is 32.5 Å². The Bertz CT molecular complexity index is 1060. The monoisotopic (exact) mass is 470 g/mol. The summed E-state index contributed by atoms with van der Waals surface area (Å²) in [4.78, 5) is 19.7. The molecule has 3 atom stereocenters. The number of pyridine rings is 1. The number of benzene rings is 1. The molecule has 1 saturated heterocycles. The molecule has 0 bridgehead atoms. The first-order valence-electron chi connectivity index (χ1n) is 11.3. The molecule has 7 nitrogen and oxygen atoms in total. The van der Waals surface area contributed by atoms with Crippen LogP contribution >= 0.6 is 11.8 Å². The van der Waals surface area contributed by atoms with E-state index in [1.165, 1.54) is 0 Å². The summed E-state index contributed by atoms with van der Waals surface area (Å²) < 4.78 is 10.4. The fourth-order valence-electron chi connectivity index (χ4n) is 4.61. The molecule has 0 amide bonds. The van der Waals surface area contributed by atoms with Crippen LogP contribution in [0, 0.1) is 11.8 Å². The number of carbonyl (C=O) groups is 1. The molecule has 0 radical (unpaired) electrons. The van der Waals surface area contributed by atoms with Crippen LogP contribution in [0.25, 0.3) is 10.9 Å². The lowest BCUT2D eigenvalue weighted by Gasteiger charge is -2.36. The standard InChI is InChI=1S/C25H30N2O5S/c1-31-18-3-4-23-21(14-18)20(6-9-26-23)24(28)5-2-17-7-10-27(15-22(17)25(29)30)11-13-33-19-8-12-32-16-19/h3-4,6,8-9,12,14,16-17,22,24,28H,2,5,7,10-11,13,15H2,1H3,(H,29,30).